The van der Waals surface area contributed by atoms with Gasteiger partial charge >= 0.3 is 0 Å². The lowest BCUT2D eigenvalue weighted by molar-refractivity contribution is -0.606. The highest BCUT2D eigenvalue weighted by Gasteiger charge is 2.08. The van der Waals surface area contributed by atoms with Crippen LogP contribution >= 0.6 is 0 Å². The van der Waals surface area contributed by atoms with Gasteiger partial charge in [0.05, 0.1) is 12.8 Å². The largest absolute Gasteiger partial charge is 0.619 e. The van der Waals surface area contributed by atoms with Crippen LogP contribution in [0.4, 0.5) is 0 Å². The summed E-state index contributed by atoms with van der Waals surface area (Å²) in [6, 6.07) is 0. The van der Waals surface area contributed by atoms with Gasteiger partial charge in [0.1, 0.15) is 0 Å². The van der Waals surface area contributed by atoms with E-state index in [9.17, 15) is 10.0 Å². The average Bonchev–Trinajstić information content (AvgIpc) is 2.14. The summed E-state index contributed by atoms with van der Waals surface area (Å²) in [7, 11) is 0. The number of hydrogen-bond donors (Lipinski definition) is 2. The van der Waals surface area contributed by atoms with E-state index < -0.39 is 5.91 Å². The first-order valence-corrected chi connectivity index (χ1v) is 3.68. The van der Waals surface area contributed by atoms with Gasteiger partial charge in [-0.05, 0) is 0 Å². The molecule has 0 saturated carbocycles. The molecule has 1 aromatic heterocycles. The zero-order valence-electron chi connectivity index (χ0n) is 6.80. The number of rotatable bonds is 3. The fourth-order valence-corrected chi connectivity index (χ4v) is 0.753. The predicted molar refractivity (Wildman–Crippen MR) is 42.6 cm³/mol. The smallest absolute Gasteiger partial charge is 0.276 e. The van der Waals surface area contributed by atoms with E-state index in [1.807, 2.05) is 0 Å². The van der Waals surface area contributed by atoms with Gasteiger partial charge in [0, 0.05) is 6.54 Å². The van der Waals surface area contributed by atoms with Gasteiger partial charge in [-0.15, -0.1) is 0 Å². The van der Waals surface area contributed by atoms with Crippen molar-refractivity contribution in [2.24, 2.45) is 0 Å². The Hall–Kier alpha value is -1.69. The average molecular weight is 183 g/mol. The van der Waals surface area contributed by atoms with Crippen LogP contribution in [0, 0.1) is 5.21 Å². The lowest BCUT2D eigenvalue weighted by Gasteiger charge is -2.01. The number of amides is 1. The zero-order chi connectivity index (χ0) is 9.68. The summed E-state index contributed by atoms with van der Waals surface area (Å²) >= 11 is 0. The van der Waals surface area contributed by atoms with Crippen molar-refractivity contribution in [1.82, 2.24) is 10.3 Å². The molecule has 1 heterocycles. The maximum absolute atomic E-state index is 11.1. The summed E-state index contributed by atoms with van der Waals surface area (Å²) in [6.07, 6.45) is 3.48. The molecule has 1 amide bonds. The van der Waals surface area contributed by atoms with E-state index in [2.05, 4.69) is 10.3 Å². The number of nitrogens with one attached hydrogen (secondary N) is 1. The first kappa shape index (κ1) is 9.40. The highest BCUT2D eigenvalue weighted by atomic mass is 16.5. The third kappa shape index (κ3) is 2.68. The number of hydrogen-bond acceptors (Lipinski definition) is 4. The van der Waals surface area contributed by atoms with E-state index in [4.69, 9.17) is 5.11 Å². The monoisotopic (exact) mass is 183 g/mol. The Balaban J connectivity index is 2.66. The number of carbonyl (C=O) groups is 1. The second kappa shape index (κ2) is 4.36. The molecule has 1 aromatic rings. The second-order valence-electron chi connectivity index (χ2n) is 2.28. The van der Waals surface area contributed by atoms with Gasteiger partial charge in [-0.3, -0.25) is 4.79 Å². The first-order valence-electron chi connectivity index (χ1n) is 3.68. The Morgan fingerprint density at radius 2 is 2.54 bits per heavy atom. The van der Waals surface area contributed by atoms with Crippen LogP contribution in [0.3, 0.4) is 0 Å². The minimum atomic E-state index is -0.473. The molecule has 2 N–H and O–H groups in total. The maximum Gasteiger partial charge on any atom is 0.276 e. The van der Waals surface area contributed by atoms with E-state index in [1.165, 1.54) is 12.4 Å². The molecule has 0 fully saturated rings. The summed E-state index contributed by atoms with van der Waals surface area (Å²) in [5.74, 6) is -0.473. The third-order valence-electron chi connectivity index (χ3n) is 1.31. The van der Waals surface area contributed by atoms with Crippen molar-refractivity contribution < 1.29 is 14.6 Å². The summed E-state index contributed by atoms with van der Waals surface area (Å²) < 4.78 is 0.487. The molecule has 1 rings (SSSR count). The first-order chi connectivity index (χ1) is 6.24. The van der Waals surface area contributed by atoms with E-state index in [-0.39, 0.29) is 18.8 Å². The van der Waals surface area contributed by atoms with Gasteiger partial charge in [0.2, 0.25) is 6.20 Å². The van der Waals surface area contributed by atoms with Gasteiger partial charge in [-0.1, -0.05) is 0 Å². The molecule has 6 nitrogen and oxygen atoms in total. The van der Waals surface area contributed by atoms with Gasteiger partial charge in [0.25, 0.3) is 5.91 Å². The molecule has 0 aliphatic carbocycles. The molecule has 0 bridgehead atoms. The van der Waals surface area contributed by atoms with Crippen LogP contribution in [0.2, 0.25) is 0 Å². The van der Waals surface area contributed by atoms with Crippen molar-refractivity contribution >= 4 is 5.91 Å². The standard InChI is InChI=1S/C7H9N3O3/c11-4-2-9-7(12)6-5-10(13)3-1-8-6/h1,3,5,11H,2,4H2,(H,9,12). The van der Waals surface area contributed by atoms with Crippen LogP contribution in [0.25, 0.3) is 0 Å². The van der Waals surface area contributed by atoms with Gasteiger partial charge in [0.15, 0.2) is 11.9 Å². The van der Waals surface area contributed by atoms with E-state index in [0.29, 0.717) is 4.73 Å². The van der Waals surface area contributed by atoms with Crippen molar-refractivity contribution in [2.75, 3.05) is 13.2 Å². The molecule has 0 radical (unpaired) electrons. The highest BCUT2D eigenvalue weighted by molar-refractivity contribution is 5.91. The Morgan fingerprint density at radius 1 is 1.77 bits per heavy atom. The quantitative estimate of drug-likeness (QED) is 0.438. The fraction of sp³-hybridized carbons (Fsp3) is 0.286. The molecule has 13 heavy (non-hydrogen) atoms. The number of aliphatic hydroxyl groups excluding tert-OH is 1. The molecular formula is C7H9N3O3. The third-order valence-corrected chi connectivity index (χ3v) is 1.31. The molecular weight excluding hydrogens is 174 g/mol. The Labute approximate surface area is 74.4 Å². The van der Waals surface area contributed by atoms with Gasteiger partial charge < -0.3 is 15.6 Å². The molecule has 0 spiro atoms. The molecule has 0 aromatic carbocycles. The van der Waals surface area contributed by atoms with E-state index in [0.717, 1.165) is 6.20 Å². The molecule has 0 aliphatic rings. The Morgan fingerprint density at radius 3 is 3.15 bits per heavy atom. The van der Waals surface area contributed by atoms with E-state index in [1.54, 1.807) is 0 Å². The lowest BCUT2D eigenvalue weighted by Crippen LogP contribution is -2.32. The summed E-state index contributed by atoms with van der Waals surface area (Å²) in [4.78, 5) is 14.8. The van der Waals surface area contributed by atoms with Crippen LogP contribution in [-0.4, -0.2) is 29.1 Å². The van der Waals surface area contributed by atoms with Crippen LogP contribution in [-0.2, 0) is 0 Å². The van der Waals surface area contributed by atoms with Crippen LogP contribution < -0.4 is 10.0 Å². The van der Waals surface area contributed by atoms with Crippen molar-refractivity contribution in [1.29, 1.82) is 0 Å². The maximum atomic E-state index is 11.1. The summed E-state index contributed by atoms with van der Waals surface area (Å²) in [6.45, 7) is 0.00418. The minimum Gasteiger partial charge on any atom is -0.619 e. The van der Waals surface area contributed by atoms with Crippen molar-refractivity contribution in [2.45, 2.75) is 0 Å². The van der Waals surface area contributed by atoms with Crippen molar-refractivity contribution in [3.63, 3.8) is 0 Å². The Bertz CT molecular complexity index is 303. The summed E-state index contributed by atoms with van der Waals surface area (Å²) in [5, 5.41) is 21.5. The van der Waals surface area contributed by atoms with Crippen LogP contribution in [0.5, 0.6) is 0 Å². The molecule has 6 heteroatoms. The topological polar surface area (TPSA) is 89.2 Å². The fourth-order valence-electron chi connectivity index (χ4n) is 0.753. The number of carbonyl (C=O) groups excluding carboxylic acids is 1. The molecule has 0 saturated heterocycles. The number of nitrogens with zero attached hydrogens (tertiary/aromatic N) is 2. The predicted octanol–water partition coefficient (Wildman–Crippen LogP) is -1.56. The number of aromatic nitrogens is 2. The number of aliphatic hydroxyl groups is 1. The normalized spacial score (nSPS) is 9.62. The zero-order valence-corrected chi connectivity index (χ0v) is 6.80. The Kier molecular flexibility index (Phi) is 3.15. The van der Waals surface area contributed by atoms with Crippen molar-refractivity contribution in [3.05, 3.63) is 29.5 Å². The SMILES string of the molecule is O=C(NCCO)c1c[n+]([O-])ccn1. The highest BCUT2D eigenvalue weighted by Crippen LogP contribution is 1.87. The van der Waals surface area contributed by atoms with Crippen molar-refractivity contribution in [3.8, 4) is 0 Å². The molecule has 0 aliphatic heterocycles. The minimum absolute atomic E-state index is 0.0333. The van der Waals surface area contributed by atoms with Gasteiger partial charge in [-0.25, -0.2) is 4.98 Å². The van der Waals surface area contributed by atoms with Crippen LogP contribution in [0.1, 0.15) is 10.5 Å². The second-order valence-corrected chi connectivity index (χ2v) is 2.28. The summed E-state index contributed by atoms with van der Waals surface area (Å²) in [5.41, 5.74) is 0.0333. The molecule has 0 atom stereocenters. The van der Waals surface area contributed by atoms with E-state index >= 15 is 0 Å². The van der Waals surface area contributed by atoms with Crippen LogP contribution in [0.15, 0.2) is 18.6 Å². The molecule has 0 unspecified atom stereocenters. The molecule has 70 valence electrons. The lowest BCUT2D eigenvalue weighted by atomic mass is 10.4. The van der Waals surface area contributed by atoms with Gasteiger partial charge in [-0.2, -0.15) is 4.73 Å².